The maximum absolute atomic E-state index is 9.81. The zero-order valence-corrected chi connectivity index (χ0v) is 10.7. The van der Waals surface area contributed by atoms with Crippen LogP contribution < -0.4 is 0 Å². The summed E-state index contributed by atoms with van der Waals surface area (Å²) in [6.07, 6.45) is 4.03. The van der Waals surface area contributed by atoms with E-state index in [1.807, 2.05) is 11.8 Å². The van der Waals surface area contributed by atoms with Crippen LogP contribution in [-0.4, -0.2) is 15.8 Å². The molecule has 0 spiro atoms. The van der Waals surface area contributed by atoms with Crippen LogP contribution in [0.15, 0.2) is 0 Å². The van der Waals surface area contributed by atoms with Crippen molar-refractivity contribution in [3.63, 3.8) is 0 Å². The zero-order valence-electron chi connectivity index (χ0n) is 9.03. The number of hydrogen-bond acceptors (Lipinski definition) is 4. The smallest absolute Gasteiger partial charge is 0.103 e. The van der Waals surface area contributed by atoms with Crippen molar-refractivity contribution in [2.45, 2.75) is 44.5 Å². The summed E-state index contributed by atoms with van der Waals surface area (Å²) < 4.78 is 0. The van der Waals surface area contributed by atoms with Gasteiger partial charge in [-0.2, -0.15) is 11.8 Å². The Morgan fingerprint density at radius 1 is 1.60 bits per heavy atom. The number of aliphatic hydroxyl groups excluding tert-OH is 1. The maximum Gasteiger partial charge on any atom is 0.103 e. The summed E-state index contributed by atoms with van der Waals surface area (Å²) in [6.45, 7) is 2.20. The Morgan fingerprint density at radius 2 is 2.47 bits per heavy atom. The molecule has 15 heavy (non-hydrogen) atoms. The molecule has 0 saturated heterocycles. The van der Waals surface area contributed by atoms with Crippen LogP contribution >= 0.6 is 23.1 Å². The number of thiazole rings is 1. The number of thioether (sulfide) groups is 1. The summed E-state index contributed by atoms with van der Waals surface area (Å²) in [4.78, 5) is 5.74. The third-order valence-electron chi connectivity index (χ3n) is 2.54. The first-order valence-corrected chi connectivity index (χ1v) is 7.52. The first-order chi connectivity index (χ1) is 7.31. The Kier molecular flexibility index (Phi) is 4.05. The second-order valence-corrected chi connectivity index (χ2v) is 6.10. The molecule has 1 aliphatic carbocycles. The first kappa shape index (κ1) is 11.4. The molecule has 0 bridgehead atoms. The number of rotatable bonds is 4. The van der Waals surface area contributed by atoms with E-state index in [2.05, 4.69) is 11.9 Å². The van der Waals surface area contributed by atoms with Crippen molar-refractivity contribution in [2.24, 2.45) is 0 Å². The molecule has 1 unspecified atom stereocenters. The van der Waals surface area contributed by atoms with Crippen LogP contribution in [-0.2, 0) is 12.2 Å². The molecule has 0 fully saturated rings. The maximum atomic E-state index is 9.81. The van der Waals surface area contributed by atoms with Gasteiger partial charge >= 0.3 is 0 Å². The lowest BCUT2D eigenvalue weighted by Gasteiger charge is -2.14. The number of aliphatic hydroxyl groups is 1. The average molecular weight is 243 g/mol. The number of hydrogen-bond donors (Lipinski definition) is 1. The summed E-state index contributed by atoms with van der Waals surface area (Å²) in [5, 5.41) is 11.0. The fraction of sp³-hybridized carbons (Fsp3) is 0.727. The highest BCUT2D eigenvalue weighted by Gasteiger charge is 2.22. The van der Waals surface area contributed by atoms with E-state index < -0.39 is 0 Å². The van der Waals surface area contributed by atoms with Gasteiger partial charge in [-0.05, 0) is 31.4 Å². The monoisotopic (exact) mass is 243 g/mol. The van der Waals surface area contributed by atoms with Crippen LogP contribution in [0.4, 0.5) is 0 Å². The Bertz CT molecular complexity index is 324. The van der Waals surface area contributed by atoms with Gasteiger partial charge in [-0.3, -0.25) is 0 Å². The van der Waals surface area contributed by atoms with Gasteiger partial charge in [0.25, 0.3) is 0 Å². The van der Waals surface area contributed by atoms with E-state index in [9.17, 15) is 5.11 Å². The second-order valence-electron chi connectivity index (χ2n) is 3.88. The molecule has 1 heterocycles. The third kappa shape index (κ3) is 2.74. The minimum atomic E-state index is -0.240. The van der Waals surface area contributed by atoms with Crippen LogP contribution in [0.3, 0.4) is 0 Å². The largest absolute Gasteiger partial charge is 0.388 e. The quantitative estimate of drug-likeness (QED) is 0.825. The highest BCUT2D eigenvalue weighted by Crippen LogP contribution is 2.35. The molecule has 1 aromatic rings. The Morgan fingerprint density at radius 3 is 3.20 bits per heavy atom. The first-order valence-electron chi connectivity index (χ1n) is 5.55. The Hall–Kier alpha value is -0.0600. The number of fused-ring (bicyclic) bond motifs is 1. The lowest BCUT2D eigenvalue weighted by molar-refractivity contribution is 0.160. The Labute approximate surface area is 99.1 Å². The molecule has 4 heteroatoms. The van der Waals surface area contributed by atoms with E-state index >= 15 is 0 Å². The minimum absolute atomic E-state index is 0.240. The van der Waals surface area contributed by atoms with Crippen molar-refractivity contribution >= 4 is 23.1 Å². The van der Waals surface area contributed by atoms with Crippen molar-refractivity contribution in [2.75, 3.05) is 5.75 Å². The predicted octanol–water partition coefficient (Wildman–Crippen LogP) is 3.16. The van der Waals surface area contributed by atoms with Gasteiger partial charge in [0.2, 0.25) is 0 Å². The summed E-state index contributed by atoms with van der Waals surface area (Å²) >= 11 is 3.65. The second kappa shape index (κ2) is 5.32. The highest BCUT2D eigenvalue weighted by molar-refractivity contribution is 7.98. The van der Waals surface area contributed by atoms with Crippen LogP contribution in [0.1, 0.15) is 47.9 Å². The van der Waals surface area contributed by atoms with Crippen molar-refractivity contribution in [3.05, 3.63) is 15.6 Å². The molecule has 0 aromatic carbocycles. The molecule has 1 aliphatic rings. The summed E-state index contributed by atoms with van der Waals surface area (Å²) in [5.41, 5.74) is 1.16. The fourth-order valence-electron chi connectivity index (χ4n) is 1.81. The van der Waals surface area contributed by atoms with Gasteiger partial charge in [-0.15, -0.1) is 11.3 Å². The standard InChI is InChI=1S/C11H17NOS2/c1-2-6-14-7-10-12-8-4-3-5-9(13)11(8)15-10/h9,13H,2-7H2,1H3. The van der Waals surface area contributed by atoms with E-state index in [1.165, 1.54) is 17.2 Å². The third-order valence-corrected chi connectivity index (χ3v) is 5.10. The van der Waals surface area contributed by atoms with Crippen molar-refractivity contribution in [1.29, 1.82) is 0 Å². The lowest BCUT2D eigenvalue weighted by atomic mass is 10.0. The zero-order chi connectivity index (χ0) is 10.7. The van der Waals surface area contributed by atoms with Gasteiger partial charge in [0.1, 0.15) is 5.01 Å². The van der Waals surface area contributed by atoms with Crippen LogP contribution in [0.5, 0.6) is 0 Å². The van der Waals surface area contributed by atoms with E-state index in [0.717, 1.165) is 35.6 Å². The molecule has 0 radical (unpaired) electrons. The molecule has 0 aliphatic heterocycles. The molecule has 0 saturated carbocycles. The van der Waals surface area contributed by atoms with Crippen molar-refractivity contribution in [1.82, 2.24) is 4.98 Å². The topological polar surface area (TPSA) is 33.1 Å². The number of aryl methyl sites for hydroxylation is 1. The van der Waals surface area contributed by atoms with Gasteiger partial charge in [-0.25, -0.2) is 4.98 Å². The van der Waals surface area contributed by atoms with E-state index in [-0.39, 0.29) is 6.10 Å². The van der Waals surface area contributed by atoms with Crippen molar-refractivity contribution in [3.8, 4) is 0 Å². The summed E-state index contributed by atoms with van der Waals surface area (Å²) in [7, 11) is 0. The molecule has 1 N–H and O–H groups in total. The van der Waals surface area contributed by atoms with Crippen molar-refractivity contribution < 1.29 is 5.11 Å². The molecule has 84 valence electrons. The molecular weight excluding hydrogens is 226 g/mol. The normalized spacial score (nSPS) is 20.3. The van der Waals surface area contributed by atoms with E-state index in [4.69, 9.17) is 0 Å². The molecule has 2 nitrogen and oxygen atoms in total. The van der Waals surface area contributed by atoms with Crippen LogP contribution in [0, 0.1) is 0 Å². The van der Waals surface area contributed by atoms with Crippen LogP contribution in [0.25, 0.3) is 0 Å². The molecule has 2 rings (SSSR count). The Balaban J connectivity index is 2.01. The molecule has 1 aromatic heterocycles. The number of nitrogens with zero attached hydrogens (tertiary/aromatic N) is 1. The van der Waals surface area contributed by atoms with E-state index in [1.54, 1.807) is 11.3 Å². The highest BCUT2D eigenvalue weighted by atomic mass is 32.2. The molecule has 0 amide bonds. The van der Waals surface area contributed by atoms with Crippen LogP contribution in [0.2, 0.25) is 0 Å². The average Bonchev–Trinajstić information content (AvgIpc) is 2.63. The minimum Gasteiger partial charge on any atom is -0.388 e. The number of aromatic nitrogens is 1. The lowest BCUT2D eigenvalue weighted by Crippen LogP contribution is -2.06. The van der Waals surface area contributed by atoms with E-state index in [0.29, 0.717) is 0 Å². The fourth-order valence-corrected chi connectivity index (χ4v) is 3.90. The summed E-state index contributed by atoms with van der Waals surface area (Å²) in [6, 6.07) is 0. The van der Waals surface area contributed by atoms with Gasteiger partial charge in [0, 0.05) is 5.75 Å². The summed E-state index contributed by atoms with van der Waals surface area (Å²) in [5.74, 6) is 2.21. The molecule has 1 atom stereocenters. The van der Waals surface area contributed by atoms with Gasteiger partial charge < -0.3 is 5.11 Å². The SMILES string of the molecule is CCCSCc1nc2c(s1)C(O)CCC2. The predicted molar refractivity (Wildman–Crippen MR) is 66.5 cm³/mol. The van der Waals surface area contributed by atoms with Gasteiger partial charge in [0.15, 0.2) is 0 Å². The van der Waals surface area contributed by atoms with Gasteiger partial charge in [-0.1, -0.05) is 6.92 Å². The van der Waals surface area contributed by atoms with Gasteiger partial charge in [0.05, 0.1) is 16.7 Å². The molecular formula is C11H17NOS2.